The molecule has 1 heterocycles. The highest BCUT2D eigenvalue weighted by molar-refractivity contribution is 7.89. The van der Waals surface area contributed by atoms with Crippen LogP contribution in [0, 0.1) is 0 Å². The van der Waals surface area contributed by atoms with Crippen molar-refractivity contribution in [3.8, 4) is 5.75 Å². The lowest BCUT2D eigenvalue weighted by Gasteiger charge is -2.17. The summed E-state index contributed by atoms with van der Waals surface area (Å²) < 4.78 is 51.1. The fraction of sp³-hybridized carbons (Fsp3) is 0.238. The molecule has 0 spiro atoms. The number of ether oxygens (including phenoxy) is 1. The molecule has 9 nitrogen and oxygen atoms in total. The molecule has 0 aliphatic rings. The zero-order valence-electron chi connectivity index (χ0n) is 17.9. The van der Waals surface area contributed by atoms with Crippen LogP contribution in [-0.2, 0) is 16.7 Å². The maximum Gasteiger partial charge on any atom is 0.414 e. The number of carbonyl (C=O) groups is 1. The summed E-state index contributed by atoms with van der Waals surface area (Å²) in [4.78, 5) is 25.7. The Morgan fingerprint density at radius 1 is 1.30 bits per heavy atom. The molecule has 12 heteroatoms. The number of carbonyl (C=O) groups excluding carboxylic acids is 1. The van der Waals surface area contributed by atoms with Crippen molar-refractivity contribution in [3.05, 3.63) is 68.5 Å². The van der Waals surface area contributed by atoms with Gasteiger partial charge in [-0.2, -0.15) is 0 Å². The molecule has 176 valence electrons. The van der Waals surface area contributed by atoms with Gasteiger partial charge < -0.3 is 19.8 Å². The molecule has 0 saturated carbocycles. The van der Waals surface area contributed by atoms with Crippen LogP contribution >= 0.6 is 11.6 Å². The van der Waals surface area contributed by atoms with Crippen molar-refractivity contribution in [2.75, 3.05) is 21.1 Å². The Kier molecular flexibility index (Phi) is 7.08. The number of nitrogens with zero attached hydrogens (tertiary/aromatic N) is 1. The largest absolute Gasteiger partial charge is 0.422 e. The lowest BCUT2D eigenvalue weighted by atomic mass is 9.95. The predicted molar refractivity (Wildman–Crippen MR) is 121 cm³/mol. The molecule has 0 fully saturated rings. The van der Waals surface area contributed by atoms with E-state index in [0.717, 1.165) is 0 Å². The third-order valence-electron chi connectivity index (χ3n) is 4.91. The number of nitrogens with one attached hydrogen (secondary N) is 1. The van der Waals surface area contributed by atoms with Crippen molar-refractivity contribution in [2.24, 2.45) is 5.73 Å². The number of benzene rings is 2. The van der Waals surface area contributed by atoms with E-state index in [4.69, 9.17) is 26.5 Å². The zero-order chi connectivity index (χ0) is 24.5. The van der Waals surface area contributed by atoms with Crippen LogP contribution in [0.4, 0.5) is 9.18 Å². The molecule has 3 rings (SSSR count). The Balaban J connectivity index is 2.16. The molecule has 3 aromatic rings. The smallest absolute Gasteiger partial charge is 0.414 e. The van der Waals surface area contributed by atoms with Crippen LogP contribution in [0.3, 0.4) is 0 Å². The number of hydrogen-bond donors (Lipinski definition) is 2. The van der Waals surface area contributed by atoms with Crippen molar-refractivity contribution >= 4 is 38.7 Å². The summed E-state index contributed by atoms with van der Waals surface area (Å²) >= 11 is 6.21. The number of halogens is 2. The topological polar surface area (TPSA) is 132 Å². The second-order valence-corrected chi connectivity index (χ2v) is 9.51. The molecule has 1 amide bonds. The third-order valence-corrected chi connectivity index (χ3v) is 6.62. The highest BCUT2D eigenvalue weighted by Gasteiger charge is 2.24. The predicted octanol–water partition coefficient (Wildman–Crippen LogP) is 2.93. The fourth-order valence-corrected chi connectivity index (χ4v) is 4.15. The first-order valence-corrected chi connectivity index (χ1v) is 11.4. The summed E-state index contributed by atoms with van der Waals surface area (Å²) in [5, 5.41) is 0.152. The number of fused-ring (bicyclic) bond motifs is 1. The average Bonchev–Trinajstić information content (AvgIpc) is 2.78. The van der Waals surface area contributed by atoms with Crippen molar-refractivity contribution in [2.45, 2.75) is 17.6 Å². The molecule has 1 unspecified atom stereocenters. The standard InChI is InChI=1S/C21H21ClFN3O6S/c1-25-33(29,30)12-6-4-5-11(7-12)19(24)18-14(10-23)13-8-15(22)17(32-21(28)26(2)3)9-16(13)31-20(18)27/h4-9,19,25H,10,24H2,1-3H3. The third kappa shape index (κ3) is 4.86. The molecular weight excluding hydrogens is 477 g/mol. The second-order valence-electron chi connectivity index (χ2n) is 7.21. The summed E-state index contributed by atoms with van der Waals surface area (Å²) in [5.41, 5.74) is 5.29. The molecule has 0 aliphatic carbocycles. The van der Waals surface area contributed by atoms with E-state index in [0.29, 0.717) is 0 Å². The monoisotopic (exact) mass is 497 g/mol. The summed E-state index contributed by atoms with van der Waals surface area (Å²) in [6.45, 7) is -1.08. The van der Waals surface area contributed by atoms with E-state index < -0.39 is 34.5 Å². The Morgan fingerprint density at radius 3 is 2.61 bits per heavy atom. The molecule has 0 radical (unpaired) electrons. The quantitative estimate of drug-likeness (QED) is 0.500. The Hall–Kier alpha value is -2.99. The minimum Gasteiger partial charge on any atom is -0.422 e. The van der Waals surface area contributed by atoms with Gasteiger partial charge in [0.05, 0.1) is 21.5 Å². The van der Waals surface area contributed by atoms with Crippen LogP contribution < -0.4 is 20.8 Å². The van der Waals surface area contributed by atoms with Crippen molar-refractivity contribution in [3.63, 3.8) is 0 Å². The number of hydrogen-bond acceptors (Lipinski definition) is 7. The van der Waals surface area contributed by atoms with Crippen LogP contribution in [0.1, 0.15) is 22.7 Å². The van der Waals surface area contributed by atoms with Gasteiger partial charge in [0.2, 0.25) is 10.0 Å². The average molecular weight is 498 g/mol. The molecule has 3 N–H and O–H groups in total. The van der Waals surface area contributed by atoms with Gasteiger partial charge in [-0.25, -0.2) is 27.1 Å². The van der Waals surface area contributed by atoms with Crippen LogP contribution in [0.15, 0.2) is 50.5 Å². The first-order valence-electron chi connectivity index (χ1n) is 9.53. The van der Waals surface area contributed by atoms with E-state index in [9.17, 15) is 22.4 Å². The van der Waals surface area contributed by atoms with Gasteiger partial charge in [-0.15, -0.1) is 0 Å². The van der Waals surface area contributed by atoms with Gasteiger partial charge in [-0.3, -0.25) is 0 Å². The van der Waals surface area contributed by atoms with Crippen LogP contribution in [-0.4, -0.2) is 40.6 Å². The molecule has 0 saturated heterocycles. The molecule has 0 aliphatic heterocycles. The molecule has 1 atom stereocenters. The Morgan fingerprint density at radius 2 is 2.00 bits per heavy atom. The van der Waals surface area contributed by atoms with Crippen LogP contribution in [0.25, 0.3) is 11.0 Å². The van der Waals surface area contributed by atoms with Gasteiger partial charge in [0, 0.05) is 31.1 Å². The van der Waals surface area contributed by atoms with Gasteiger partial charge in [0.1, 0.15) is 12.3 Å². The van der Waals surface area contributed by atoms with Gasteiger partial charge in [-0.1, -0.05) is 23.7 Å². The fourth-order valence-electron chi connectivity index (χ4n) is 3.16. The maximum absolute atomic E-state index is 14.2. The van der Waals surface area contributed by atoms with Gasteiger partial charge >= 0.3 is 11.7 Å². The highest BCUT2D eigenvalue weighted by atomic mass is 35.5. The molecule has 0 bridgehead atoms. The van der Waals surface area contributed by atoms with Crippen molar-refractivity contribution < 1.29 is 26.8 Å². The summed E-state index contributed by atoms with van der Waals surface area (Å²) in [5.74, 6) is -0.0714. The minimum absolute atomic E-state index is 0.0112. The van der Waals surface area contributed by atoms with Crippen molar-refractivity contribution in [1.82, 2.24) is 9.62 Å². The van der Waals surface area contributed by atoms with E-state index in [1.807, 2.05) is 0 Å². The lowest BCUT2D eigenvalue weighted by Crippen LogP contribution is -2.25. The number of nitrogens with two attached hydrogens (primary N) is 1. The lowest BCUT2D eigenvalue weighted by molar-refractivity contribution is 0.172. The molecule has 33 heavy (non-hydrogen) atoms. The molecule has 2 aromatic carbocycles. The minimum atomic E-state index is -3.77. The Labute approximate surface area is 193 Å². The van der Waals surface area contributed by atoms with E-state index in [2.05, 4.69) is 4.72 Å². The first-order chi connectivity index (χ1) is 15.5. The van der Waals surface area contributed by atoms with Gasteiger partial charge in [-0.05, 0) is 30.8 Å². The van der Waals surface area contributed by atoms with Crippen molar-refractivity contribution in [1.29, 1.82) is 0 Å². The SMILES string of the molecule is CNS(=O)(=O)c1cccc(C(N)c2c(CF)c3cc(Cl)c(OC(=O)N(C)C)cc3oc2=O)c1. The summed E-state index contributed by atoms with van der Waals surface area (Å²) in [6.07, 6.45) is -0.709. The Bertz CT molecular complexity index is 1390. The molecular formula is C21H21ClFN3O6S. The maximum atomic E-state index is 14.2. The van der Waals surface area contributed by atoms with E-state index in [1.165, 1.54) is 62.4 Å². The summed E-state index contributed by atoms with van der Waals surface area (Å²) in [6, 6.07) is 6.96. The number of rotatable bonds is 6. The highest BCUT2D eigenvalue weighted by Crippen LogP contribution is 2.34. The molecule has 1 aromatic heterocycles. The van der Waals surface area contributed by atoms with Crippen LogP contribution in [0.5, 0.6) is 5.75 Å². The van der Waals surface area contributed by atoms with Gasteiger partial charge in [0.15, 0.2) is 5.75 Å². The van der Waals surface area contributed by atoms with Crippen LogP contribution in [0.2, 0.25) is 5.02 Å². The number of sulfonamides is 1. The summed E-state index contributed by atoms with van der Waals surface area (Å²) in [7, 11) is 0.442. The second kappa shape index (κ2) is 9.48. The number of alkyl halides is 1. The normalized spacial score (nSPS) is 12.5. The van der Waals surface area contributed by atoms with Gasteiger partial charge in [0.25, 0.3) is 0 Å². The van der Waals surface area contributed by atoms with E-state index in [1.54, 1.807) is 0 Å². The van der Waals surface area contributed by atoms with E-state index in [-0.39, 0.29) is 43.3 Å². The first kappa shape index (κ1) is 24.6. The van der Waals surface area contributed by atoms with E-state index >= 15 is 0 Å². The zero-order valence-corrected chi connectivity index (χ0v) is 19.5. The number of amides is 1.